The van der Waals surface area contributed by atoms with E-state index >= 15 is 0 Å². The van der Waals surface area contributed by atoms with E-state index in [1.807, 2.05) is 18.3 Å². The van der Waals surface area contributed by atoms with Gasteiger partial charge in [0.25, 0.3) is 0 Å². The smallest absolute Gasteiger partial charge is 0.144 e. The van der Waals surface area contributed by atoms with Crippen LogP contribution in [-0.2, 0) is 43.9 Å². The zero-order valence-electron chi connectivity index (χ0n) is 31.7. The second-order valence-electron chi connectivity index (χ2n) is 16.9. The minimum atomic E-state index is -0.307. The van der Waals surface area contributed by atoms with Crippen molar-refractivity contribution in [1.82, 2.24) is 14.5 Å². The summed E-state index contributed by atoms with van der Waals surface area (Å²) in [7, 11) is 0. The fraction of sp³-hybridized carbons (Fsp3) is 0.277. The standard InChI is InChI=1S/C47H48N3O.Pt/c1-45(2,3)35-20-21-41(51)39(29-35)44-49-43-37(18-13-19-40(43)50(44)47(7,8)9)33-26-34(28-36(27-33)46(4,5)6)38-25-31(23-30-15-11-10-12-16-30)24-32-17-14-22-48-42(32)38;/h10-22,24-25,27-29,51H,23H2,1-9H3;/q-1;. The van der Waals surface area contributed by atoms with E-state index in [1.54, 1.807) is 6.07 Å². The first-order valence-corrected chi connectivity index (χ1v) is 17.9. The number of phenolic OH excluding ortho intramolecular Hbond substituents is 1. The van der Waals surface area contributed by atoms with Crippen molar-refractivity contribution in [2.45, 2.75) is 85.1 Å². The number of imidazole rings is 1. The van der Waals surface area contributed by atoms with E-state index in [0.29, 0.717) is 0 Å². The number of hydrogen-bond donors (Lipinski definition) is 1. The Labute approximate surface area is 323 Å². The third kappa shape index (κ3) is 7.24. The van der Waals surface area contributed by atoms with Gasteiger partial charge in [-0.2, -0.15) is 0 Å². The third-order valence-corrected chi connectivity index (χ3v) is 9.79. The number of rotatable bonds is 5. The van der Waals surface area contributed by atoms with Crippen LogP contribution in [0, 0.1) is 6.07 Å². The number of aromatic hydroxyl groups is 1. The van der Waals surface area contributed by atoms with Crippen LogP contribution >= 0.6 is 0 Å². The maximum atomic E-state index is 11.3. The van der Waals surface area contributed by atoms with E-state index in [4.69, 9.17) is 9.97 Å². The van der Waals surface area contributed by atoms with Crippen molar-refractivity contribution in [2.24, 2.45) is 0 Å². The Balaban J connectivity index is 0.00000464. The SMILES string of the molecule is CC(C)(C)c1cc(-c2cc(Cc3ccccc3)cc3cccnc23)[c-]c(-c2cccc3c2nc(-c2cc(C(C)(C)C)ccc2O)n3C(C)(C)C)c1.[Pt]. The van der Waals surface area contributed by atoms with Crippen molar-refractivity contribution in [3.05, 3.63) is 138 Å². The quantitative estimate of drug-likeness (QED) is 0.175. The second kappa shape index (κ2) is 13.8. The molecule has 0 aliphatic rings. The molecular formula is C47H48N3OPt-. The number of benzene rings is 5. The maximum absolute atomic E-state index is 11.3. The molecule has 0 aliphatic heterocycles. The van der Waals surface area contributed by atoms with Gasteiger partial charge in [0.2, 0.25) is 0 Å². The molecule has 5 heteroatoms. The molecule has 5 aromatic carbocycles. The molecule has 1 N–H and O–H groups in total. The van der Waals surface area contributed by atoms with E-state index < -0.39 is 0 Å². The average molecular weight is 866 g/mol. The number of fused-ring (bicyclic) bond motifs is 2. The summed E-state index contributed by atoms with van der Waals surface area (Å²) in [6.07, 6.45) is 2.71. The third-order valence-electron chi connectivity index (χ3n) is 9.79. The van der Waals surface area contributed by atoms with E-state index in [-0.39, 0.29) is 43.2 Å². The molecule has 7 aromatic rings. The fourth-order valence-electron chi connectivity index (χ4n) is 7.04. The first-order chi connectivity index (χ1) is 24.1. The van der Waals surface area contributed by atoms with Crippen LogP contribution in [0.3, 0.4) is 0 Å². The molecule has 4 nitrogen and oxygen atoms in total. The van der Waals surface area contributed by atoms with Crippen molar-refractivity contribution in [2.75, 3.05) is 0 Å². The van der Waals surface area contributed by atoms with Crippen LogP contribution in [0.2, 0.25) is 0 Å². The molecule has 0 saturated carbocycles. The minimum Gasteiger partial charge on any atom is -0.507 e. The van der Waals surface area contributed by atoms with Crippen LogP contribution in [0.5, 0.6) is 5.75 Å². The van der Waals surface area contributed by atoms with Gasteiger partial charge >= 0.3 is 0 Å². The molecule has 2 aromatic heterocycles. The van der Waals surface area contributed by atoms with Crippen LogP contribution in [0.15, 0.2) is 109 Å². The fourth-order valence-corrected chi connectivity index (χ4v) is 7.04. The van der Waals surface area contributed by atoms with Crippen LogP contribution in [0.4, 0.5) is 0 Å². The normalized spacial score (nSPS) is 12.3. The number of aromatic nitrogens is 3. The van der Waals surface area contributed by atoms with Crippen LogP contribution in [0.1, 0.15) is 84.6 Å². The predicted octanol–water partition coefficient (Wildman–Crippen LogP) is 12.0. The molecule has 0 saturated heterocycles. The molecule has 0 spiro atoms. The van der Waals surface area contributed by atoms with Gasteiger partial charge in [0, 0.05) is 38.3 Å². The Hall–Kier alpha value is -4.53. The Morgan fingerprint density at radius 2 is 1.31 bits per heavy atom. The van der Waals surface area contributed by atoms with Crippen LogP contribution in [0.25, 0.3) is 55.6 Å². The van der Waals surface area contributed by atoms with Crippen molar-refractivity contribution in [3.8, 4) is 39.4 Å². The molecule has 52 heavy (non-hydrogen) atoms. The Morgan fingerprint density at radius 3 is 1.98 bits per heavy atom. The summed E-state index contributed by atoms with van der Waals surface area (Å²) in [5, 5.41) is 12.4. The molecule has 0 amide bonds. The summed E-state index contributed by atoms with van der Waals surface area (Å²) in [5.74, 6) is 0.980. The van der Waals surface area contributed by atoms with E-state index in [0.717, 1.165) is 67.6 Å². The van der Waals surface area contributed by atoms with Crippen molar-refractivity contribution < 1.29 is 26.2 Å². The first-order valence-electron chi connectivity index (χ1n) is 17.9. The van der Waals surface area contributed by atoms with Crippen LogP contribution < -0.4 is 0 Å². The largest absolute Gasteiger partial charge is 0.507 e. The summed E-state index contributed by atoms with van der Waals surface area (Å²) in [6.45, 7) is 19.9. The van der Waals surface area contributed by atoms with Gasteiger partial charge in [-0.3, -0.25) is 4.98 Å². The summed E-state index contributed by atoms with van der Waals surface area (Å²) in [5.41, 5.74) is 12.1. The summed E-state index contributed by atoms with van der Waals surface area (Å²) in [6, 6.07) is 40.1. The predicted molar refractivity (Wildman–Crippen MR) is 213 cm³/mol. The summed E-state index contributed by atoms with van der Waals surface area (Å²) >= 11 is 0. The molecule has 0 unspecified atom stereocenters. The molecule has 7 rings (SSSR count). The molecule has 0 radical (unpaired) electrons. The van der Waals surface area contributed by atoms with Gasteiger partial charge in [0.15, 0.2) is 0 Å². The molecule has 0 fully saturated rings. The van der Waals surface area contributed by atoms with Gasteiger partial charge in [-0.25, -0.2) is 4.98 Å². The number of phenols is 1. The Morgan fingerprint density at radius 1 is 0.615 bits per heavy atom. The molecule has 0 bridgehead atoms. The molecule has 0 aliphatic carbocycles. The van der Waals surface area contributed by atoms with E-state index in [1.165, 1.54) is 16.7 Å². The topological polar surface area (TPSA) is 50.9 Å². The van der Waals surface area contributed by atoms with Gasteiger partial charge < -0.3 is 9.67 Å². The first kappa shape index (κ1) is 37.2. The average Bonchev–Trinajstić information content (AvgIpc) is 3.48. The second-order valence-corrected chi connectivity index (χ2v) is 16.9. The number of pyridine rings is 1. The zero-order chi connectivity index (χ0) is 36.3. The maximum Gasteiger partial charge on any atom is 0.144 e. The number of para-hydroxylation sites is 1. The summed E-state index contributed by atoms with van der Waals surface area (Å²) in [4.78, 5) is 10.3. The van der Waals surface area contributed by atoms with Crippen molar-refractivity contribution in [3.63, 3.8) is 0 Å². The number of nitrogens with zero attached hydrogens (tertiary/aromatic N) is 3. The summed E-state index contributed by atoms with van der Waals surface area (Å²) < 4.78 is 2.27. The van der Waals surface area contributed by atoms with Gasteiger partial charge in [-0.15, -0.1) is 34.9 Å². The number of hydrogen-bond acceptors (Lipinski definition) is 3. The minimum absolute atomic E-state index is 0. The van der Waals surface area contributed by atoms with E-state index in [2.05, 4.69) is 158 Å². The van der Waals surface area contributed by atoms with Crippen LogP contribution in [-0.4, -0.2) is 19.6 Å². The monoisotopic (exact) mass is 865 g/mol. The van der Waals surface area contributed by atoms with Crippen molar-refractivity contribution in [1.29, 1.82) is 0 Å². The van der Waals surface area contributed by atoms with Gasteiger partial charge in [0.1, 0.15) is 11.6 Å². The Bertz CT molecular complexity index is 2400. The Kier molecular flexibility index (Phi) is 9.87. The zero-order valence-corrected chi connectivity index (χ0v) is 34.0. The molecule has 268 valence electrons. The van der Waals surface area contributed by atoms with Gasteiger partial charge in [0.05, 0.1) is 16.6 Å². The van der Waals surface area contributed by atoms with Gasteiger partial charge in [-0.05, 0) is 84.4 Å². The van der Waals surface area contributed by atoms with Crippen molar-refractivity contribution >= 4 is 21.9 Å². The van der Waals surface area contributed by atoms with Gasteiger partial charge in [-0.1, -0.05) is 119 Å². The van der Waals surface area contributed by atoms with E-state index in [9.17, 15) is 5.11 Å². The molecule has 2 heterocycles. The molecule has 0 atom stereocenters. The molecular weight excluding hydrogens is 818 g/mol.